The second-order valence-electron chi connectivity index (χ2n) is 6.51. The summed E-state index contributed by atoms with van der Waals surface area (Å²) in [5.74, 6) is 0.0406. The first-order chi connectivity index (χ1) is 11.7. The van der Waals surface area contributed by atoms with Gasteiger partial charge in [-0.3, -0.25) is 14.7 Å². The summed E-state index contributed by atoms with van der Waals surface area (Å²) >= 11 is 6.21. The van der Waals surface area contributed by atoms with Crippen LogP contribution in [0.1, 0.15) is 16.8 Å². The molecule has 26 heavy (non-hydrogen) atoms. The zero-order valence-corrected chi connectivity index (χ0v) is 16.7. The Morgan fingerprint density at radius 2 is 1.96 bits per heavy atom. The average Bonchev–Trinajstić information content (AvgIpc) is 3.11. The Balaban J connectivity index is 0.00000121. The quantitative estimate of drug-likeness (QED) is 0.816. The van der Waals surface area contributed by atoms with Crippen LogP contribution in [0.3, 0.4) is 0 Å². The lowest BCUT2D eigenvalue weighted by atomic mass is 10.1. The molecule has 0 spiro atoms. The van der Waals surface area contributed by atoms with Gasteiger partial charge in [0, 0.05) is 61.9 Å². The number of hydrogen-bond donors (Lipinski definition) is 1. The standard InChI is InChI=1S/C18H21ClN4O.2ClH/c19-14-10-13-2-1-4-21-17(13)16(11-14)18(24)23-7-3-15(12-23)22-8-5-20-6-9-22;;/h1-2,4,10-11,15,20H,3,5-9,12H2;2*1H. The second kappa shape index (κ2) is 9.20. The molecule has 1 aromatic carbocycles. The topological polar surface area (TPSA) is 48.5 Å². The van der Waals surface area contributed by atoms with Crippen LogP contribution in [0.2, 0.25) is 5.02 Å². The molecule has 5 nitrogen and oxygen atoms in total. The van der Waals surface area contributed by atoms with E-state index in [1.54, 1.807) is 12.3 Å². The smallest absolute Gasteiger partial charge is 0.256 e. The van der Waals surface area contributed by atoms with E-state index in [-0.39, 0.29) is 30.7 Å². The van der Waals surface area contributed by atoms with Crippen LogP contribution in [0, 0.1) is 0 Å². The lowest BCUT2D eigenvalue weighted by molar-refractivity contribution is 0.0775. The molecule has 2 aromatic rings. The van der Waals surface area contributed by atoms with E-state index < -0.39 is 0 Å². The second-order valence-corrected chi connectivity index (χ2v) is 6.94. The van der Waals surface area contributed by atoms with E-state index in [4.69, 9.17) is 11.6 Å². The summed E-state index contributed by atoms with van der Waals surface area (Å²) in [5.41, 5.74) is 1.34. The number of aromatic nitrogens is 1. The maximum Gasteiger partial charge on any atom is 0.256 e. The van der Waals surface area contributed by atoms with Crippen molar-refractivity contribution in [2.45, 2.75) is 12.5 Å². The van der Waals surface area contributed by atoms with Gasteiger partial charge >= 0.3 is 0 Å². The van der Waals surface area contributed by atoms with Crippen molar-refractivity contribution in [2.75, 3.05) is 39.3 Å². The molecule has 0 saturated carbocycles. The number of piperazine rings is 1. The normalized spacial score (nSPS) is 20.5. The van der Waals surface area contributed by atoms with Gasteiger partial charge in [0.05, 0.1) is 11.1 Å². The molecule has 1 unspecified atom stereocenters. The van der Waals surface area contributed by atoms with Crippen molar-refractivity contribution in [2.24, 2.45) is 0 Å². The fourth-order valence-corrected chi connectivity index (χ4v) is 3.99. The van der Waals surface area contributed by atoms with E-state index in [1.165, 1.54) is 0 Å². The number of pyridine rings is 1. The van der Waals surface area contributed by atoms with Crippen LogP contribution in [0.4, 0.5) is 0 Å². The van der Waals surface area contributed by atoms with Crippen LogP contribution < -0.4 is 5.32 Å². The summed E-state index contributed by atoms with van der Waals surface area (Å²) in [4.78, 5) is 21.9. The zero-order chi connectivity index (χ0) is 16.5. The van der Waals surface area contributed by atoms with Gasteiger partial charge in [0.1, 0.15) is 0 Å². The van der Waals surface area contributed by atoms with Gasteiger partial charge in [-0.1, -0.05) is 17.7 Å². The summed E-state index contributed by atoms with van der Waals surface area (Å²) in [7, 11) is 0. The number of nitrogens with one attached hydrogen (secondary N) is 1. The van der Waals surface area contributed by atoms with Crippen LogP contribution in [0.15, 0.2) is 30.5 Å². The van der Waals surface area contributed by atoms with Crippen LogP contribution in [0.25, 0.3) is 10.9 Å². The van der Waals surface area contributed by atoms with E-state index in [9.17, 15) is 4.79 Å². The number of halogens is 3. The molecule has 1 aromatic heterocycles. The molecular formula is C18H23Cl3N4O. The van der Waals surface area contributed by atoms with Gasteiger partial charge in [0.15, 0.2) is 0 Å². The minimum Gasteiger partial charge on any atom is -0.337 e. The van der Waals surface area contributed by atoms with Crippen LogP contribution >= 0.6 is 36.4 Å². The van der Waals surface area contributed by atoms with E-state index in [0.717, 1.165) is 56.6 Å². The predicted octanol–water partition coefficient (Wildman–Crippen LogP) is 2.85. The average molecular weight is 418 g/mol. The number of carbonyl (C=O) groups excluding carboxylic acids is 1. The van der Waals surface area contributed by atoms with Crippen molar-refractivity contribution < 1.29 is 4.79 Å². The lowest BCUT2D eigenvalue weighted by Gasteiger charge is -2.32. The molecule has 1 atom stereocenters. The fourth-order valence-electron chi connectivity index (χ4n) is 3.76. The minimum atomic E-state index is 0. The van der Waals surface area contributed by atoms with Crippen molar-refractivity contribution in [3.8, 4) is 0 Å². The highest BCUT2D eigenvalue weighted by Gasteiger charge is 2.32. The van der Waals surface area contributed by atoms with E-state index in [1.807, 2.05) is 23.1 Å². The number of nitrogens with zero attached hydrogens (tertiary/aromatic N) is 3. The van der Waals surface area contributed by atoms with Crippen molar-refractivity contribution in [3.05, 3.63) is 41.0 Å². The van der Waals surface area contributed by atoms with E-state index in [2.05, 4.69) is 15.2 Å². The Morgan fingerprint density at radius 1 is 1.19 bits per heavy atom. The zero-order valence-electron chi connectivity index (χ0n) is 14.4. The van der Waals surface area contributed by atoms with Crippen molar-refractivity contribution in [1.82, 2.24) is 20.1 Å². The Morgan fingerprint density at radius 3 is 2.73 bits per heavy atom. The highest BCUT2D eigenvalue weighted by atomic mass is 35.5. The van der Waals surface area contributed by atoms with Gasteiger partial charge in [-0.2, -0.15) is 0 Å². The Bertz CT molecular complexity index is 767. The van der Waals surface area contributed by atoms with Gasteiger partial charge in [-0.05, 0) is 24.6 Å². The Labute approximate surface area is 170 Å². The highest BCUT2D eigenvalue weighted by molar-refractivity contribution is 6.32. The number of rotatable bonds is 2. The SMILES string of the molecule is Cl.Cl.O=C(c1cc(Cl)cc2cccnc12)N1CCC(N2CCNCC2)C1. The van der Waals surface area contributed by atoms with Gasteiger partial charge in [-0.25, -0.2) is 0 Å². The monoisotopic (exact) mass is 416 g/mol. The fraction of sp³-hybridized carbons (Fsp3) is 0.444. The van der Waals surface area contributed by atoms with Crippen molar-refractivity contribution in [1.29, 1.82) is 0 Å². The number of hydrogen-bond acceptors (Lipinski definition) is 4. The van der Waals surface area contributed by atoms with Gasteiger partial charge in [0.25, 0.3) is 5.91 Å². The van der Waals surface area contributed by atoms with Crippen LogP contribution in [-0.4, -0.2) is 66.0 Å². The summed E-state index contributed by atoms with van der Waals surface area (Å²) in [6.07, 6.45) is 2.76. The first-order valence-electron chi connectivity index (χ1n) is 8.51. The van der Waals surface area contributed by atoms with E-state index in [0.29, 0.717) is 16.6 Å². The molecule has 3 heterocycles. The van der Waals surface area contributed by atoms with Gasteiger partial charge in [-0.15, -0.1) is 24.8 Å². The molecule has 142 valence electrons. The molecule has 0 bridgehead atoms. The molecule has 2 fully saturated rings. The largest absolute Gasteiger partial charge is 0.337 e. The molecule has 2 aliphatic heterocycles. The molecule has 1 N–H and O–H groups in total. The van der Waals surface area contributed by atoms with E-state index >= 15 is 0 Å². The summed E-state index contributed by atoms with van der Waals surface area (Å²) in [6, 6.07) is 7.88. The number of fused-ring (bicyclic) bond motifs is 1. The maximum atomic E-state index is 13.0. The third-order valence-electron chi connectivity index (χ3n) is 5.02. The molecule has 0 radical (unpaired) electrons. The molecule has 2 aliphatic rings. The Kier molecular flexibility index (Phi) is 7.50. The Hall–Kier alpha value is -1.11. The van der Waals surface area contributed by atoms with Crippen LogP contribution in [0.5, 0.6) is 0 Å². The third kappa shape index (κ3) is 4.24. The first-order valence-corrected chi connectivity index (χ1v) is 8.88. The molecule has 2 saturated heterocycles. The van der Waals surface area contributed by atoms with Crippen LogP contribution in [-0.2, 0) is 0 Å². The maximum absolute atomic E-state index is 13.0. The predicted molar refractivity (Wildman–Crippen MR) is 110 cm³/mol. The molecule has 8 heteroatoms. The lowest BCUT2D eigenvalue weighted by Crippen LogP contribution is -2.49. The summed E-state index contributed by atoms with van der Waals surface area (Å²) < 4.78 is 0. The molecule has 1 amide bonds. The molecular weight excluding hydrogens is 395 g/mol. The molecule has 0 aliphatic carbocycles. The van der Waals surface area contributed by atoms with Crippen molar-refractivity contribution >= 4 is 53.2 Å². The summed E-state index contributed by atoms with van der Waals surface area (Å²) in [5, 5.41) is 4.87. The highest BCUT2D eigenvalue weighted by Crippen LogP contribution is 2.25. The first kappa shape index (κ1) is 21.2. The number of amides is 1. The number of carbonyl (C=O) groups is 1. The summed E-state index contributed by atoms with van der Waals surface area (Å²) in [6.45, 7) is 5.79. The molecule has 4 rings (SSSR count). The van der Waals surface area contributed by atoms with Gasteiger partial charge in [0.2, 0.25) is 0 Å². The minimum absolute atomic E-state index is 0. The number of benzene rings is 1. The number of likely N-dealkylation sites (tertiary alicyclic amines) is 1. The van der Waals surface area contributed by atoms with Gasteiger partial charge < -0.3 is 10.2 Å². The van der Waals surface area contributed by atoms with Crippen molar-refractivity contribution in [3.63, 3.8) is 0 Å². The third-order valence-corrected chi connectivity index (χ3v) is 5.24.